The van der Waals surface area contributed by atoms with Crippen molar-refractivity contribution in [2.45, 2.75) is 19.9 Å². The Hall–Kier alpha value is -2.11. The smallest absolute Gasteiger partial charge is 0.307 e. The fourth-order valence-electron chi connectivity index (χ4n) is 2.23. The Labute approximate surface area is 156 Å². The van der Waals surface area contributed by atoms with Crippen LogP contribution >= 0.6 is 23.2 Å². The van der Waals surface area contributed by atoms with Gasteiger partial charge in [-0.15, -0.1) is 0 Å². The van der Waals surface area contributed by atoms with E-state index in [0.29, 0.717) is 28.8 Å². The molecule has 0 fully saturated rings. The van der Waals surface area contributed by atoms with E-state index < -0.39 is 0 Å². The third kappa shape index (κ3) is 5.73. The summed E-state index contributed by atoms with van der Waals surface area (Å²) in [5, 5.41) is 0.687. The lowest BCUT2D eigenvalue weighted by atomic mass is 10.1. The number of benzene rings is 1. The molecule has 1 amide bonds. The molecule has 0 aliphatic rings. The molecular formula is C18H18Cl2N2O3. The van der Waals surface area contributed by atoms with Crippen LogP contribution in [0.3, 0.4) is 0 Å². The predicted molar refractivity (Wildman–Crippen MR) is 96.7 cm³/mol. The van der Waals surface area contributed by atoms with E-state index in [9.17, 15) is 9.59 Å². The molecular weight excluding hydrogens is 363 g/mol. The van der Waals surface area contributed by atoms with E-state index >= 15 is 0 Å². The highest BCUT2D eigenvalue weighted by atomic mass is 35.5. The van der Waals surface area contributed by atoms with Crippen molar-refractivity contribution in [3.05, 3.63) is 63.9 Å². The van der Waals surface area contributed by atoms with Crippen LogP contribution in [0.15, 0.2) is 42.7 Å². The van der Waals surface area contributed by atoms with Crippen LogP contribution in [0.1, 0.15) is 29.3 Å². The predicted octanol–water partition coefficient (Wildman–Crippen LogP) is 3.98. The van der Waals surface area contributed by atoms with E-state index in [0.717, 1.165) is 5.56 Å². The second kappa shape index (κ2) is 9.39. The van der Waals surface area contributed by atoms with Crippen molar-refractivity contribution >= 4 is 35.1 Å². The average molecular weight is 381 g/mol. The number of nitrogens with zero attached hydrogens (tertiary/aromatic N) is 2. The van der Waals surface area contributed by atoms with Gasteiger partial charge in [0.25, 0.3) is 5.91 Å². The first-order chi connectivity index (χ1) is 12.0. The summed E-state index contributed by atoms with van der Waals surface area (Å²) in [6.45, 7) is 2.64. The molecule has 0 saturated carbocycles. The molecule has 0 radical (unpaired) electrons. The van der Waals surface area contributed by atoms with Crippen molar-refractivity contribution in [1.82, 2.24) is 9.88 Å². The second-order valence-electron chi connectivity index (χ2n) is 5.27. The second-order valence-corrected chi connectivity index (χ2v) is 6.08. The van der Waals surface area contributed by atoms with Gasteiger partial charge in [0.1, 0.15) is 0 Å². The summed E-state index contributed by atoms with van der Waals surface area (Å²) in [6.07, 6.45) is 3.43. The number of hydrogen-bond donors (Lipinski definition) is 0. The van der Waals surface area contributed by atoms with Crippen molar-refractivity contribution < 1.29 is 14.3 Å². The zero-order valence-corrected chi connectivity index (χ0v) is 15.3. The fourth-order valence-corrected chi connectivity index (χ4v) is 2.53. The highest BCUT2D eigenvalue weighted by molar-refractivity contribution is 6.42. The molecule has 0 aliphatic heterocycles. The number of ether oxygens (including phenoxy) is 1. The molecule has 7 heteroatoms. The Morgan fingerprint density at radius 3 is 2.48 bits per heavy atom. The van der Waals surface area contributed by atoms with E-state index in [1.165, 1.54) is 6.07 Å². The van der Waals surface area contributed by atoms with Gasteiger partial charge in [0, 0.05) is 31.0 Å². The summed E-state index contributed by atoms with van der Waals surface area (Å²) in [5.74, 6) is -0.580. The minimum absolute atomic E-state index is 0.117. The standard InChI is InChI=1S/C18H18Cl2N2O3/c1-2-25-17(23)7-10-22(12-13-5-8-21-9-6-13)18(24)14-3-4-15(19)16(20)11-14/h3-6,8-9,11H,2,7,10,12H2,1H3. The number of carbonyl (C=O) groups is 2. The summed E-state index contributed by atoms with van der Waals surface area (Å²) in [4.78, 5) is 30.0. The third-order valence-electron chi connectivity index (χ3n) is 3.47. The molecule has 0 bridgehead atoms. The Morgan fingerprint density at radius 1 is 1.12 bits per heavy atom. The van der Waals surface area contributed by atoms with Crippen molar-refractivity contribution in [1.29, 1.82) is 0 Å². The van der Waals surface area contributed by atoms with Gasteiger partial charge in [0.2, 0.25) is 0 Å². The molecule has 5 nitrogen and oxygen atoms in total. The minimum Gasteiger partial charge on any atom is -0.466 e. The monoisotopic (exact) mass is 380 g/mol. The Morgan fingerprint density at radius 2 is 1.84 bits per heavy atom. The summed E-state index contributed by atoms with van der Waals surface area (Å²) < 4.78 is 4.94. The summed E-state index contributed by atoms with van der Waals surface area (Å²) in [5.41, 5.74) is 1.32. The van der Waals surface area contributed by atoms with Crippen LogP contribution in [0.2, 0.25) is 10.0 Å². The number of halogens is 2. The highest BCUT2D eigenvalue weighted by Gasteiger charge is 2.18. The van der Waals surface area contributed by atoms with Crippen LogP contribution in [-0.4, -0.2) is 34.9 Å². The van der Waals surface area contributed by atoms with Gasteiger partial charge in [-0.25, -0.2) is 0 Å². The Bertz CT molecular complexity index is 738. The normalized spacial score (nSPS) is 10.4. The molecule has 1 heterocycles. The molecule has 2 rings (SSSR count). The van der Waals surface area contributed by atoms with Gasteiger partial charge in [-0.05, 0) is 42.8 Å². The highest BCUT2D eigenvalue weighted by Crippen LogP contribution is 2.23. The van der Waals surface area contributed by atoms with Gasteiger partial charge in [-0.1, -0.05) is 23.2 Å². The first-order valence-electron chi connectivity index (χ1n) is 7.80. The number of carbonyl (C=O) groups excluding carboxylic acids is 2. The quantitative estimate of drug-likeness (QED) is 0.681. The molecule has 0 N–H and O–H groups in total. The lowest BCUT2D eigenvalue weighted by Crippen LogP contribution is -2.33. The Kier molecular flexibility index (Phi) is 7.22. The van der Waals surface area contributed by atoms with Crippen LogP contribution in [-0.2, 0) is 16.1 Å². The van der Waals surface area contributed by atoms with Crippen LogP contribution in [0, 0.1) is 0 Å². The van der Waals surface area contributed by atoms with E-state index in [1.807, 2.05) is 12.1 Å². The fraction of sp³-hybridized carbons (Fsp3) is 0.278. The van der Waals surface area contributed by atoms with Gasteiger partial charge in [0.05, 0.1) is 23.1 Å². The van der Waals surface area contributed by atoms with Crippen LogP contribution < -0.4 is 0 Å². The maximum Gasteiger partial charge on any atom is 0.307 e. The number of amides is 1. The molecule has 25 heavy (non-hydrogen) atoms. The molecule has 132 valence electrons. The van der Waals surface area contributed by atoms with E-state index in [-0.39, 0.29) is 24.8 Å². The maximum atomic E-state index is 12.8. The molecule has 0 atom stereocenters. The zero-order valence-electron chi connectivity index (χ0n) is 13.7. The van der Waals surface area contributed by atoms with Crippen LogP contribution in [0.25, 0.3) is 0 Å². The molecule has 0 spiro atoms. The SMILES string of the molecule is CCOC(=O)CCN(Cc1ccncc1)C(=O)c1ccc(Cl)c(Cl)c1. The molecule has 1 aromatic carbocycles. The number of pyridine rings is 1. The number of aromatic nitrogens is 1. The first kappa shape index (κ1) is 19.2. The minimum atomic E-state index is -0.343. The molecule has 1 aromatic heterocycles. The largest absolute Gasteiger partial charge is 0.466 e. The summed E-state index contributed by atoms with van der Waals surface area (Å²) >= 11 is 11.9. The third-order valence-corrected chi connectivity index (χ3v) is 4.21. The van der Waals surface area contributed by atoms with E-state index in [2.05, 4.69) is 4.98 Å². The number of esters is 1. The Balaban J connectivity index is 2.18. The lowest BCUT2D eigenvalue weighted by molar-refractivity contribution is -0.143. The van der Waals surface area contributed by atoms with E-state index in [1.54, 1.807) is 36.4 Å². The maximum absolute atomic E-state index is 12.8. The van der Waals surface area contributed by atoms with Crippen LogP contribution in [0.4, 0.5) is 0 Å². The molecule has 2 aromatic rings. The van der Waals surface area contributed by atoms with Gasteiger partial charge < -0.3 is 9.64 Å². The first-order valence-corrected chi connectivity index (χ1v) is 8.55. The zero-order chi connectivity index (χ0) is 18.2. The van der Waals surface area contributed by atoms with Gasteiger partial charge >= 0.3 is 5.97 Å². The lowest BCUT2D eigenvalue weighted by Gasteiger charge is -2.23. The summed E-state index contributed by atoms with van der Waals surface area (Å²) in [7, 11) is 0. The van der Waals surface area contributed by atoms with Gasteiger partial charge in [0.15, 0.2) is 0 Å². The van der Waals surface area contributed by atoms with Crippen molar-refractivity contribution in [3.63, 3.8) is 0 Å². The summed E-state index contributed by atoms with van der Waals surface area (Å²) in [6, 6.07) is 8.35. The molecule has 0 saturated heterocycles. The van der Waals surface area contributed by atoms with E-state index in [4.69, 9.17) is 27.9 Å². The van der Waals surface area contributed by atoms with Gasteiger partial charge in [-0.2, -0.15) is 0 Å². The molecule has 0 aliphatic carbocycles. The average Bonchev–Trinajstić information content (AvgIpc) is 2.61. The van der Waals surface area contributed by atoms with Crippen molar-refractivity contribution in [2.75, 3.05) is 13.2 Å². The number of rotatable bonds is 7. The van der Waals surface area contributed by atoms with Crippen molar-refractivity contribution in [2.24, 2.45) is 0 Å². The van der Waals surface area contributed by atoms with Gasteiger partial charge in [-0.3, -0.25) is 14.6 Å². The van der Waals surface area contributed by atoms with Crippen molar-refractivity contribution in [3.8, 4) is 0 Å². The number of hydrogen-bond acceptors (Lipinski definition) is 4. The molecule has 0 unspecified atom stereocenters. The topological polar surface area (TPSA) is 59.5 Å². The van der Waals surface area contributed by atoms with Crippen LogP contribution in [0.5, 0.6) is 0 Å².